The summed E-state index contributed by atoms with van der Waals surface area (Å²) >= 11 is 0. The Morgan fingerprint density at radius 1 is 1.31 bits per heavy atom. The first kappa shape index (κ1) is 8.79. The van der Waals surface area contributed by atoms with E-state index in [9.17, 15) is 4.79 Å². The van der Waals surface area contributed by atoms with Crippen LogP contribution in [0.1, 0.15) is 40.0 Å². The van der Waals surface area contributed by atoms with Gasteiger partial charge < -0.3 is 4.74 Å². The molecule has 0 amide bonds. The molecule has 1 aliphatic carbocycles. The summed E-state index contributed by atoms with van der Waals surface area (Å²) in [4.78, 5) is 11.2. The average Bonchev–Trinajstić information content (AvgIpc) is 2.25. The summed E-state index contributed by atoms with van der Waals surface area (Å²) in [6, 6.07) is 0. The second-order valence-corrected chi connectivity index (χ2v) is 4.95. The smallest absolute Gasteiger partial charge is 0.331 e. The van der Waals surface area contributed by atoms with E-state index in [1.165, 1.54) is 5.57 Å². The van der Waals surface area contributed by atoms with Gasteiger partial charge in [-0.15, -0.1) is 0 Å². The highest BCUT2D eigenvalue weighted by atomic mass is 16.6. The minimum Gasteiger partial charge on any atom is -0.452 e. The zero-order valence-corrected chi connectivity index (χ0v) is 8.52. The van der Waals surface area contributed by atoms with Crippen molar-refractivity contribution in [3.05, 3.63) is 11.6 Å². The third-order valence-electron chi connectivity index (χ3n) is 3.34. The number of hydrogen-bond acceptors (Lipinski definition) is 2. The van der Waals surface area contributed by atoms with Gasteiger partial charge in [-0.2, -0.15) is 0 Å². The monoisotopic (exact) mass is 180 g/mol. The van der Waals surface area contributed by atoms with Crippen molar-refractivity contribution in [3.63, 3.8) is 0 Å². The predicted molar refractivity (Wildman–Crippen MR) is 50.2 cm³/mol. The molecule has 0 radical (unpaired) electrons. The molecule has 1 atom stereocenters. The van der Waals surface area contributed by atoms with Gasteiger partial charge in [-0.25, -0.2) is 4.79 Å². The van der Waals surface area contributed by atoms with E-state index in [2.05, 4.69) is 13.8 Å². The Morgan fingerprint density at radius 3 is 2.62 bits per heavy atom. The maximum Gasteiger partial charge on any atom is 0.331 e. The SMILES string of the molecule is CC1(C)CCC[C@]2(C)OC(=O)C=C12. The second-order valence-electron chi connectivity index (χ2n) is 4.95. The van der Waals surface area contributed by atoms with Crippen LogP contribution in [0, 0.1) is 5.41 Å². The Labute approximate surface area is 79.0 Å². The van der Waals surface area contributed by atoms with E-state index in [-0.39, 0.29) is 17.0 Å². The molecule has 13 heavy (non-hydrogen) atoms. The van der Waals surface area contributed by atoms with Crippen LogP contribution in [-0.4, -0.2) is 11.6 Å². The van der Waals surface area contributed by atoms with Crippen LogP contribution < -0.4 is 0 Å². The number of fused-ring (bicyclic) bond motifs is 1. The van der Waals surface area contributed by atoms with Crippen LogP contribution in [0.15, 0.2) is 11.6 Å². The number of carbonyl (C=O) groups is 1. The molecule has 2 nitrogen and oxygen atoms in total. The highest BCUT2D eigenvalue weighted by Crippen LogP contribution is 2.49. The Morgan fingerprint density at radius 2 is 2.00 bits per heavy atom. The van der Waals surface area contributed by atoms with Crippen LogP contribution >= 0.6 is 0 Å². The minimum absolute atomic E-state index is 0.138. The molecule has 2 heteroatoms. The number of carbonyl (C=O) groups excluding carboxylic acids is 1. The lowest BCUT2D eigenvalue weighted by atomic mass is 9.67. The zero-order chi connectivity index (χ0) is 9.69. The topological polar surface area (TPSA) is 26.3 Å². The number of ether oxygens (including phenoxy) is 1. The molecule has 0 aromatic heterocycles. The van der Waals surface area contributed by atoms with Gasteiger partial charge in [0.2, 0.25) is 0 Å². The molecule has 0 saturated heterocycles. The lowest BCUT2D eigenvalue weighted by molar-refractivity contribution is -0.146. The maximum absolute atomic E-state index is 11.2. The standard InChI is InChI=1S/C11H16O2/c1-10(2)5-4-6-11(3)8(10)7-9(12)13-11/h7H,4-6H2,1-3H3/t11-/m0/s1. The molecule has 1 aliphatic heterocycles. The van der Waals surface area contributed by atoms with Crippen molar-refractivity contribution in [1.29, 1.82) is 0 Å². The van der Waals surface area contributed by atoms with Crippen LogP contribution in [0.3, 0.4) is 0 Å². The number of rotatable bonds is 0. The summed E-state index contributed by atoms with van der Waals surface area (Å²) in [5.41, 5.74) is 1.04. The van der Waals surface area contributed by atoms with Crippen molar-refractivity contribution in [2.75, 3.05) is 0 Å². The van der Waals surface area contributed by atoms with E-state index in [0.717, 1.165) is 19.3 Å². The fourth-order valence-electron chi connectivity index (χ4n) is 2.68. The predicted octanol–water partition coefficient (Wildman–Crippen LogP) is 2.44. The van der Waals surface area contributed by atoms with Gasteiger partial charge in [0.15, 0.2) is 0 Å². The van der Waals surface area contributed by atoms with E-state index in [1.807, 2.05) is 6.92 Å². The van der Waals surface area contributed by atoms with Crippen LogP contribution in [-0.2, 0) is 9.53 Å². The molecule has 1 fully saturated rings. The van der Waals surface area contributed by atoms with Gasteiger partial charge in [0.25, 0.3) is 0 Å². The summed E-state index contributed by atoms with van der Waals surface area (Å²) in [6.07, 6.45) is 4.98. The molecule has 1 heterocycles. The van der Waals surface area contributed by atoms with E-state index in [4.69, 9.17) is 4.74 Å². The first-order valence-electron chi connectivity index (χ1n) is 4.90. The molecular weight excluding hydrogens is 164 g/mol. The lowest BCUT2D eigenvalue weighted by Gasteiger charge is -2.41. The number of esters is 1. The fourth-order valence-corrected chi connectivity index (χ4v) is 2.68. The molecular formula is C11H16O2. The van der Waals surface area contributed by atoms with Gasteiger partial charge >= 0.3 is 5.97 Å². The Hall–Kier alpha value is -0.790. The lowest BCUT2D eigenvalue weighted by Crippen LogP contribution is -2.38. The van der Waals surface area contributed by atoms with Crippen LogP contribution in [0.2, 0.25) is 0 Å². The number of hydrogen-bond donors (Lipinski definition) is 0. The molecule has 1 saturated carbocycles. The molecule has 0 aromatic rings. The first-order valence-corrected chi connectivity index (χ1v) is 4.90. The van der Waals surface area contributed by atoms with Crippen molar-refractivity contribution < 1.29 is 9.53 Å². The quantitative estimate of drug-likeness (QED) is 0.535. The van der Waals surface area contributed by atoms with Crippen LogP contribution in [0.5, 0.6) is 0 Å². The van der Waals surface area contributed by atoms with Gasteiger partial charge in [0.1, 0.15) is 5.60 Å². The maximum atomic E-state index is 11.2. The normalized spacial score (nSPS) is 36.5. The summed E-state index contributed by atoms with van der Waals surface area (Å²) in [5, 5.41) is 0. The van der Waals surface area contributed by atoms with E-state index >= 15 is 0 Å². The average molecular weight is 180 g/mol. The molecule has 0 aromatic carbocycles. The molecule has 2 rings (SSSR count). The van der Waals surface area contributed by atoms with Gasteiger partial charge in [-0.1, -0.05) is 13.8 Å². The summed E-state index contributed by atoms with van der Waals surface area (Å²) in [6.45, 7) is 6.42. The Kier molecular flexibility index (Phi) is 1.60. The zero-order valence-electron chi connectivity index (χ0n) is 8.52. The third kappa shape index (κ3) is 1.19. The van der Waals surface area contributed by atoms with Crippen LogP contribution in [0.4, 0.5) is 0 Å². The van der Waals surface area contributed by atoms with Gasteiger partial charge in [-0.05, 0) is 37.2 Å². The first-order chi connectivity index (χ1) is 5.94. The Balaban J connectivity index is 2.42. The van der Waals surface area contributed by atoms with E-state index in [1.54, 1.807) is 6.08 Å². The van der Waals surface area contributed by atoms with Crippen LogP contribution in [0.25, 0.3) is 0 Å². The molecule has 0 unspecified atom stereocenters. The second kappa shape index (κ2) is 2.37. The van der Waals surface area contributed by atoms with Crippen molar-refractivity contribution in [2.24, 2.45) is 5.41 Å². The van der Waals surface area contributed by atoms with Gasteiger partial charge in [0.05, 0.1) is 0 Å². The third-order valence-corrected chi connectivity index (χ3v) is 3.34. The fraction of sp³-hybridized carbons (Fsp3) is 0.727. The van der Waals surface area contributed by atoms with Gasteiger partial charge in [0, 0.05) is 6.08 Å². The van der Waals surface area contributed by atoms with Crippen molar-refractivity contribution in [3.8, 4) is 0 Å². The van der Waals surface area contributed by atoms with Crippen molar-refractivity contribution in [1.82, 2.24) is 0 Å². The van der Waals surface area contributed by atoms with Crippen molar-refractivity contribution in [2.45, 2.75) is 45.6 Å². The highest BCUT2D eigenvalue weighted by Gasteiger charge is 2.47. The molecule has 72 valence electrons. The summed E-state index contributed by atoms with van der Waals surface area (Å²) < 4.78 is 5.36. The van der Waals surface area contributed by atoms with Gasteiger partial charge in [-0.3, -0.25) is 0 Å². The molecule has 0 N–H and O–H groups in total. The minimum atomic E-state index is -0.293. The van der Waals surface area contributed by atoms with E-state index < -0.39 is 0 Å². The molecule has 0 spiro atoms. The largest absolute Gasteiger partial charge is 0.452 e. The molecule has 0 bridgehead atoms. The summed E-state index contributed by atoms with van der Waals surface area (Å²) in [7, 11) is 0. The Bertz CT molecular complexity index is 288. The molecule has 2 aliphatic rings. The van der Waals surface area contributed by atoms with Crippen molar-refractivity contribution >= 4 is 5.97 Å². The van der Waals surface area contributed by atoms with E-state index in [0.29, 0.717) is 0 Å². The summed E-state index contributed by atoms with van der Waals surface area (Å²) in [5.74, 6) is -0.160. The highest BCUT2D eigenvalue weighted by molar-refractivity contribution is 5.87.